The van der Waals surface area contributed by atoms with Gasteiger partial charge in [0.1, 0.15) is 6.10 Å². The molecule has 0 saturated heterocycles. The lowest BCUT2D eigenvalue weighted by Crippen LogP contribution is -2.42. The quantitative estimate of drug-likeness (QED) is 0.365. The first kappa shape index (κ1) is 21.1. The Morgan fingerprint density at radius 3 is 2.70 bits per heavy atom. The first-order valence-corrected chi connectivity index (χ1v) is 9.85. The van der Waals surface area contributed by atoms with Crippen molar-refractivity contribution in [2.45, 2.75) is 60.5 Å². The molecule has 0 fully saturated rings. The predicted octanol–water partition coefficient (Wildman–Crippen LogP) is 5.50. The Hall–Kier alpha value is -2.16. The highest BCUT2D eigenvalue weighted by Crippen LogP contribution is 2.49. The Labute approximate surface area is 163 Å². The molecule has 4 unspecified atom stereocenters. The van der Waals surface area contributed by atoms with Gasteiger partial charge in [0.15, 0.2) is 5.78 Å². The topological polar surface area (TPSA) is 43.4 Å². The highest BCUT2D eigenvalue weighted by atomic mass is 16.5. The third kappa shape index (κ3) is 4.77. The minimum atomic E-state index is -0.337. The van der Waals surface area contributed by atoms with Gasteiger partial charge in [-0.05, 0) is 49.5 Å². The second-order valence-corrected chi connectivity index (χ2v) is 8.22. The lowest BCUT2D eigenvalue weighted by molar-refractivity contribution is -0.144. The van der Waals surface area contributed by atoms with E-state index in [-0.39, 0.29) is 29.2 Å². The maximum Gasteiger partial charge on any atom is 0.331 e. The van der Waals surface area contributed by atoms with Crippen molar-refractivity contribution in [3.63, 3.8) is 0 Å². The molecule has 0 bridgehead atoms. The van der Waals surface area contributed by atoms with Crippen molar-refractivity contribution < 1.29 is 14.3 Å². The van der Waals surface area contributed by atoms with E-state index in [1.807, 2.05) is 32.1 Å². The zero-order valence-electron chi connectivity index (χ0n) is 17.4. The molecule has 0 spiro atoms. The van der Waals surface area contributed by atoms with Crippen LogP contribution in [-0.2, 0) is 14.3 Å². The molecule has 0 aliphatic heterocycles. The van der Waals surface area contributed by atoms with Crippen molar-refractivity contribution in [1.29, 1.82) is 0 Å². The van der Waals surface area contributed by atoms with Crippen LogP contribution in [0.25, 0.3) is 0 Å². The van der Waals surface area contributed by atoms with Gasteiger partial charge in [0, 0.05) is 17.4 Å². The molecular weight excluding hydrogens is 336 g/mol. The number of fused-ring (bicyclic) bond motifs is 1. The van der Waals surface area contributed by atoms with Gasteiger partial charge in [0.05, 0.1) is 0 Å². The number of carbonyl (C=O) groups excluding carboxylic acids is 2. The van der Waals surface area contributed by atoms with E-state index >= 15 is 0 Å². The van der Waals surface area contributed by atoms with E-state index < -0.39 is 0 Å². The summed E-state index contributed by atoms with van der Waals surface area (Å²) < 4.78 is 5.70. The fraction of sp³-hybridized carbons (Fsp3) is 0.500. The van der Waals surface area contributed by atoms with Crippen LogP contribution in [0.2, 0.25) is 0 Å². The van der Waals surface area contributed by atoms with Gasteiger partial charge in [0.2, 0.25) is 0 Å². The van der Waals surface area contributed by atoms with Crippen LogP contribution in [0.15, 0.2) is 59.3 Å². The van der Waals surface area contributed by atoms with Crippen LogP contribution >= 0.6 is 0 Å². The normalized spacial score (nSPS) is 29.0. The fourth-order valence-electron chi connectivity index (χ4n) is 3.60. The molecule has 2 rings (SSSR count). The summed E-state index contributed by atoms with van der Waals surface area (Å²) in [6, 6.07) is 0. The Morgan fingerprint density at radius 1 is 1.37 bits per heavy atom. The molecule has 0 heterocycles. The molecule has 0 aromatic carbocycles. The number of carbonyl (C=O) groups is 2. The summed E-state index contributed by atoms with van der Waals surface area (Å²) in [7, 11) is 0. The minimum absolute atomic E-state index is 0.0872. The summed E-state index contributed by atoms with van der Waals surface area (Å²) in [5, 5.41) is 0. The van der Waals surface area contributed by atoms with Gasteiger partial charge in [-0.2, -0.15) is 0 Å². The standard InChI is InChI=1S/C24H32O3/c1-7-17(4)10-8-9-11-23(26)27-22-13-12-19-14-21(25)20(16(2)3)15-24(19,6)18(22)5/h8-14,17-18,22H,7,15H2,1-6H3. The third-order valence-corrected chi connectivity index (χ3v) is 6.03. The molecule has 0 aromatic heterocycles. The van der Waals surface area contributed by atoms with Crippen LogP contribution in [0.1, 0.15) is 54.4 Å². The molecular formula is C24H32O3. The summed E-state index contributed by atoms with van der Waals surface area (Å²) in [6.45, 7) is 12.5. The van der Waals surface area contributed by atoms with E-state index in [2.05, 4.69) is 33.8 Å². The Bertz CT molecular complexity index is 744. The first-order chi connectivity index (χ1) is 12.7. The SMILES string of the molecule is CCC(C)C=CC=CC(=O)OC1C=CC2=CC(=O)C(=C(C)C)CC2(C)C1C. The molecule has 3 nitrogen and oxygen atoms in total. The number of esters is 1. The van der Waals surface area contributed by atoms with E-state index in [4.69, 9.17) is 4.74 Å². The number of ketones is 1. The summed E-state index contributed by atoms with van der Waals surface area (Å²) in [4.78, 5) is 24.6. The molecule has 2 aliphatic carbocycles. The molecule has 0 N–H and O–H groups in total. The van der Waals surface area contributed by atoms with Gasteiger partial charge in [-0.25, -0.2) is 4.79 Å². The summed E-state index contributed by atoms with van der Waals surface area (Å²) in [6.07, 6.45) is 14.2. The van der Waals surface area contributed by atoms with Gasteiger partial charge in [0.25, 0.3) is 0 Å². The molecule has 27 heavy (non-hydrogen) atoms. The van der Waals surface area contributed by atoms with E-state index in [9.17, 15) is 9.59 Å². The van der Waals surface area contributed by atoms with Gasteiger partial charge in [-0.1, -0.05) is 64.0 Å². The average molecular weight is 369 g/mol. The van der Waals surface area contributed by atoms with Crippen molar-refractivity contribution in [3.8, 4) is 0 Å². The Balaban J connectivity index is 2.13. The fourth-order valence-corrected chi connectivity index (χ4v) is 3.60. The lowest BCUT2D eigenvalue weighted by Gasteiger charge is -2.45. The monoisotopic (exact) mass is 368 g/mol. The van der Waals surface area contributed by atoms with Gasteiger partial charge >= 0.3 is 5.97 Å². The maximum absolute atomic E-state index is 12.3. The van der Waals surface area contributed by atoms with Crippen molar-refractivity contribution >= 4 is 11.8 Å². The number of hydrogen-bond acceptors (Lipinski definition) is 3. The lowest BCUT2D eigenvalue weighted by atomic mass is 9.60. The molecule has 0 saturated carbocycles. The zero-order valence-corrected chi connectivity index (χ0v) is 17.4. The number of rotatable bonds is 5. The Morgan fingerprint density at radius 2 is 2.07 bits per heavy atom. The molecule has 146 valence electrons. The predicted molar refractivity (Wildman–Crippen MR) is 110 cm³/mol. The highest BCUT2D eigenvalue weighted by molar-refractivity contribution is 6.06. The van der Waals surface area contributed by atoms with Crippen molar-refractivity contribution in [1.82, 2.24) is 0 Å². The number of hydrogen-bond donors (Lipinski definition) is 0. The van der Waals surface area contributed by atoms with E-state index in [0.717, 1.165) is 23.1 Å². The smallest absolute Gasteiger partial charge is 0.331 e. The van der Waals surface area contributed by atoms with Crippen molar-refractivity contribution in [3.05, 3.63) is 59.3 Å². The molecule has 3 heteroatoms. The summed E-state index contributed by atoms with van der Waals surface area (Å²) >= 11 is 0. The van der Waals surface area contributed by atoms with Crippen molar-refractivity contribution in [2.24, 2.45) is 17.3 Å². The summed E-state index contributed by atoms with van der Waals surface area (Å²) in [5.41, 5.74) is 2.76. The molecule has 0 amide bonds. The zero-order chi connectivity index (χ0) is 20.2. The largest absolute Gasteiger partial charge is 0.455 e. The third-order valence-electron chi connectivity index (χ3n) is 6.03. The van der Waals surface area contributed by atoms with E-state index in [1.165, 1.54) is 6.08 Å². The second kappa shape index (κ2) is 8.69. The van der Waals surface area contributed by atoms with Gasteiger partial charge < -0.3 is 4.74 Å². The van der Waals surface area contributed by atoms with Crippen LogP contribution in [0, 0.1) is 17.3 Å². The molecule has 4 atom stereocenters. The van der Waals surface area contributed by atoms with Crippen LogP contribution in [-0.4, -0.2) is 17.9 Å². The highest BCUT2D eigenvalue weighted by Gasteiger charge is 2.45. The minimum Gasteiger partial charge on any atom is -0.455 e. The summed E-state index contributed by atoms with van der Waals surface area (Å²) in [5.74, 6) is 0.348. The molecule has 0 radical (unpaired) electrons. The molecule has 2 aliphatic rings. The Kier molecular flexibility index (Phi) is 6.80. The van der Waals surface area contributed by atoms with Crippen LogP contribution in [0.4, 0.5) is 0 Å². The molecule has 0 aromatic rings. The van der Waals surface area contributed by atoms with Gasteiger partial charge in [-0.15, -0.1) is 0 Å². The maximum atomic E-state index is 12.3. The number of ether oxygens (including phenoxy) is 1. The average Bonchev–Trinajstić information content (AvgIpc) is 2.62. The number of allylic oxidation sites excluding steroid dienone is 8. The van der Waals surface area contributed by atoms with Crippen LogP contribution in [0.5, 0.6) is 0 Å². The van der Waals surface area contributed by atoms with Crippen molar-refractivity contribution in [2.75, 3.05) is 0 Å². The van der Waals surface area contributed by atoms with E-state index in [0.29, 0.717) is 12.3 Å². The van der Waals surface area contributed by atoms with E-state index in [1.54, 1.807) is 12.2 Å². The second-order valence-electron chi connectivity index (χ2n) is 8.22. The van der Waals surface area contributed by atoms with Crippen LogP contribution < -0.4 is 0 Å². The van der Waals surface area contributed by atoms with Crippen LogP contribution in [0.3, 0.4) is 0 Å². The van der Waals surface area contributed by atoms with Gasteiger partial charge in [-0.3, -0.25) is 4.79 Å². The first-order valence-electron chi connectivity index (χ1n) is 9.85.